The van der Waals surface area contributed by atoms with Crippen molar-refractivity contribution in [3.8, 4) is 0 Å². The predicted octanol–water partition coefficient (Wildman–Crippen LogP) is 2.68. The Hall–Kier alpha value is -0.410. The first-order valence-electron chi connectivity index (χ1n) is 4.60. The summed E-state index contributed by atoms with van der Waals surface area (Å²) in [4.78, 5) is 0. The maximum atomic E-state index is 5.28. The third-order valence-corrected chi connectivity index (χ3v) is 2.64. The topological polar surface area (TPSA) is 25.2 Å². The van der Waals surface area contributed by atoms with Crippen molar-refractivity contribution in [1.29, 1.82) is 0 Å². The molecule has 1 atom stereocenters. The molecule has 0 amide bonds. The summed E-state index contributed by atoms with van der Waals surface area (Å²) in [6.45, 7) is 3.18. The van der Waals surface area contributed by atoms with Crippen LogP contribution < -0.4 is 5.32 Å². The van der Waals surface area contributed by atoms with Gasteiger partial charge in [0.15, 0.2) is 0 Å². The molecule has 0 aliphatic heterocycles. The highest BCUT2D eigenvalue weighted by Gasteiger charge is 2.05. The molecular formula is C10H17NOS. The van der Waals surface area contributed by atoms with Gasteiger partial charge in [0.05, 0.1) is 12.3 Å². The fourth-order valence-electron chi connectivity index (χ4n) is 1.17. The molecule has 0 saturated heterocycles. The lowest BCUT2D eigenvalue weighted by Gasteiger charge is -2.10. The summed E-state index contributed by atoms with van der Waals surface area (Å²) in [6.07, 6.45) is 5.07. The molecule has 0 aromatic carbocycles. The quantitative estimate of drug-likeness (QED) is 0.713. The van der Waals surface area contributed by atoms with Gasteiger partial charge in [0, 0.05) is 0 Å². The minimum absolute atomic E-state index is 0.330. The van der Waals surface area contributed by atoms with E-state index in [1.165, 1.54) is 12.2 Å². The van der Waals surface area contributed by atoms with Gasteiger partial charge in [-0.05, 0) is 44.0 Å². The van der Waals surface area contributed by atoms with E-state index in [9.17, 15) is 0 Å². The Kier molecular flexibility index (Phi) is 5.01. The second-order valence-corrected chi connectivity index (χ2v) is 4.02. The first-order valence-corrected chi connectivity index (χ1v) is 5.99. The minimum atomic E-state index is 0.330. The van der Waals surface area contributed by atoms with E-state index in [0.29, 0.717) is 6.04 Å². The Balaban J connectivity index is 2.15. The molecule has 1 aromatic heterocycles. The van der Waals surface area contributed by atoms with Crippen LogP contribution in [0.15, 0.2) is 22.8 Å². The summed E-state index contributed by atoms with van der Waals surface area (Å²) in [5.74, 6) is 2.24. The van der Waals surface area contributed by atoms with Crippen molar-refractivity contribution >= 4 is 11.8 Å². The van der Waals surface area contributed by atoms with E-state index in [1.807, 2.05) is 23.9 Å². The van der Waals surface area contributed by atoms with Crippen molar-refractivity contribution in [2.75, 3.05) is 18.6 Å². The van der Waals surface area contributed by atoms with Crippen LogP contribution >= 0.6 is 11.8 Å². The van der Waals surface area contributed by atoms with Crippen LogP contribution in [0, 0.1) is 0 Å². The number of hydrogen-bond acceptors (Lipinski definition) is 3. The van der Waals surface area contributed by atoms with Crippen molar-refractivity contribution in [3.63, 3.8) is 0 Å². The highest BCUT2D eigenvalue weighted by atomic mass is 32.2. The third kappa shape index (κ3) is 3.87. The van der Waals surface area contributed by atoms with Gasteiger partial charge >= 0.3 is 0 Å². The molecule has 0 aliphatic rings. The van der Waals surface area contributed by atoms with Crippen LogP contribution in [0.3, 0.4) is 0 Å². The number of nitrogens with one attached hydrogen (secondary N) is 1. The molecule has 0 radical (unpaired) electrons. The first kappa shape index (κ1) is 10.7. The molecule has 1 aromatic rings. The zero-order valence-corrected chi connectivity index (χ0v) is 9.06. The Labute approximate surface area is 84.1 Å². The van der Waals surface area contributed by atoms with Crippen molar-refractivity contribution in [2.24, 2.45) is 0 Å². The Morgan fingerprint density at radius 3 is 3.08 bits per heavy atom. The molecule has 1 rings (SSSR count). The summed E-state index contributed by atoms with van der Waals surface area (Å²) in [5, 5.41) is 3.41. The molecule has 0 aliphatic carbocycles. The van der Waals surface area contributed by atoms with E-state index in [4.69, 9.17) is 4.42 Å². The normalized spacial score (nSPS) is 13.1. The molecule has 74 valence electrons. The lowest BCUT2D eigenvalue weighted by atomic mass is 10.2. The SMILES string of the molecule is CSCCCN[C@@H](C)c1ccco1. The fraction of sp³-hybridized carbons (Fsp3) is 0.600. The van der Waals surface area contributed by atoms with Gasteiger partial charge < -0.3 is 9.73 Å². The van der Waals surface area contributed by atoms with Gasteiger partial charge in [-0.3, -0.25) is 0 Å². The van der Waals surface area contributed by atoms with Crippen LogP contribution in [-0.2, 0) is 0 Å². The lowest BCUT2D eigenvalue weighted by molar-refractivity contribution is 0.432. The van der Waals surface area contributed by atoms with Gasteiger partial charge in [0.2, 0.25) is 0 Å². The standard InChI is InChI=1S/C10H17NOS/c1-9(10-5-3-7-12-10)11-6-4-8-13-2/h3,5,7,9,11H,4,6,8H2,1-2H3/t9-/m0/s1. The van der Waals surface area contributed by atoms with Crippen molar-refractivity contribution in [3.05, 3.63) is 24.2 Å². The van der Waals surface area contributed by atoms with Crippen LogP contribution in [0.5, 0.6) is 0 Å². The number of hydrogen-bond donors (Lipinski definition) is 1. The molecule has 0 fully saturated rings. The van der Waals surface area contributed by atoms with Gasteiger partial charge in [-0.1, -0.05) is 0 Å². The van der Waals surface area contributed by atoms with E-state index in [2.05, 4.69) is 18.5 Å². The summed E-state index contributed by atoms with van der Waals surface area (Å²) < 4.78 is 5.28. The van der Waals surface area contributed by atoms with Gasteiger partial charge in [0.25, 0.3) is 0 Å². The first-order chi connectivity index (χ1) is 6.34. The van der Waals surface area contributed by atoms with E-state index >= 15 is 0 Å². The molecule has 0 unspecified atom stereocenters. The van der Waals surface area contributed by atoms with E-state index < -0.39 is 0 Å². The molecule has 0 saturated carbocycles. The Morgan fingerprint density at radius 2 is 2.46 bits per heavy atom. The predicted molar refractivity (Wildman–Crippen MR) is 58.1 cm³/mol. The van der Waals surface area contributed by atoms with E-state index in [-0.39, 0.29) is 0 Å². The van der Waals surface area contributed by atoms with Crippen LogP contribution in [0.1, 0.15) is 25.1 Å². The van der Waals surface area contributed by atoms with Gasteiger partial charge in [-0.25, -0.2) is 0 Å². The summed E-state index contributed by atoms with van der Waals surface area (Å²) >= 11 is 1.89. The van der Waals surface area contributed by atoms with Crippen LogP contribution in [0.2, 0.25) is 0 Å². The van der Waals surface area contributed by atoms with Gasteiger partial charge in [-0.2, -0.15) is 11.8 Å². The zero-order valence-electron chi connectivity index (χ0n) is 8.25. The largest absolute Gasteiger partial charge is 0.468 e. The summed E-state index contributed by atoms with van der Waals surface area (Å²) in [7, 11) is 0. The molecule has 13 heavy (non-hydrogen) atoms. The maximum absolute atomic E-state index is 5.28. The van der Waals surface area contributed by atoms with Crippen molar-refractivity contribution in [2.45, 2.75) is 19.4 Å². The van der Waals surface area contributed by atoms with Gasteiger partial charge in [-0.15, -0.1) is 0 Å². The third-order valence-electron chi connectivity index (χ3n) is 1.95. The molecule has 1 heterocycles. The number of thioether (sulfide) groups is 1. The monoisotopic (exact) mass is 199 g/mol. The Morgan fingerprint density at radius 1 is 1.62 bits per heavy atom. The minimum Gasteiger partial charge on any atom is -0.468 e. The van der Waals surface area contributed by atoms with Crippen LogP contribution in [0.4, 0.5) is 0 Å². The van der Waals surface area contributed by atoms with Gasteiger partial charge in [0.1, 0.15) is 5.76 Å². The molecule has 1 N–H and O–H groups in total. The second kappa shape index (κ2) is 6.11. The zero-order chi connectivity index (χ0) is 9.52. The van der Waals surface area contributed by atoms with Crippen molar-refractivity contribution in [1.82, 2.24) is 5.32 Å². The fourth-order valence-corrected chi connectivity index (χ4v) is 1.61. The highest BCUT2D eigenvalue weighted by molar-refractivity contribution is 7.98. The summed E-state index contributed by atoms with van der Waals surface area (Å²) in [6, 6.07) is 4.26. The second-order valence-electron chi connectivity index (χ2n) is 3.04. The molecule has 3 heteroatoms. The Bertz CT molecular complexity index is 211. The lowest BCUT2D eigenvalue weighted by Crippen LogP contribution is -2.19. The average Bonchev–Trinajstić information content (AvgIpc) is 2.65. The highest BCUT2D eigenvalue weighted by Crippen LogP contribution is 2.11. The molecule has 0 bridgehead atoms. The maximum Gasteiger partial charge on any atom is 0.120 e. The summed E-state index contributed by atoms with van der Waals surface area (Å²) in [5.41, 5.74) is 0. The smallest absolute Gasteiger partial charge is 0.120 e. The molecule has 0 spiro atoms. The molecular weight excluding hydrogens is 182 g/mol. The van der Waals surface area contributed by atoms with Crippen LogP contribution in [-0.4, -0.2) is 18.6 Å². The number of rotatable bonds is 6. The van der Waals surface area contributed by atoms with E-state index in [1.54, 1.807) is 6.26 Å². The van der Waals surface area contributed by atoms with Crippen molar-refractivity contribution < 1.29 is 4.42 Å². The number of furan rings is 1. The average molecular weight is 199 g/mol. The molecule has 2 nitrogen and oxygen atoms in total. The van der Waals surface area contributed by atoms with E-state index in [0.717, 1.165) is 12.3 Å². The van der Waals surface area contributed by atoms with Crippen LogP contribution in [0.25, 0.3) is 0 Å².